The van der Waals surface area contributed by atoms with Crippen LogP contribution in [0.3, 0.4) is 0 Å². The summed E-state index contributed by atoms with van der Waals surface area (Å²) in [5.74, 6) is 0.849. The van der Waals surface area contributed by atoms with E-state index in [-0.39, 0.29) is 12.1 Å². The van der Waals surface area contributed by atoms with E-state index in [9.17, 15) is 4.79 Å². The summed E-state index contributed by atoms with van der Waals surface area (Å²) < 4.78 is 7.39. The molecular formula is C19H13N5O2S2. The first-order valence-corrected chi connectivity index (χ1v) is 10.5. The maximum Gasteiger partial charge on any atom is 0.271 e. The summed E-state index contributed by atoms with van der Waals surface area (Å²) in [5.41, 5.74) is 1.40. The third kappa shape index (κ3) is 2.88. The Bertz CT molecular complexity index is 1350. The van der Waals surface area contributed by atoms with Crippen molar-refractivity contribution >= 4 is 43.5 Å². The molecule has 0 atom stereocenters. The molecule has 0 fully saturated rings. The Hall–Kier alpha value is -3.04. The van der Waals surface area contributed by atoms with E-state index in [0.29, 0.717) is 21.9 Å². The predicted molar refractivity (Wildman–Crippen MR) is 110 cm³/mol. The zero-order valence-electron chi connectivity index (χ0n) is 14.7. The Morgan fingerprint density at radius 1 is 1.18 bits per heavy atom. The number of thioether (sulfide) groups is 1. The second-order valence-electron chi connectivity index (χ2n) is 6.05. The quantitative estimate of drug-likeness (QED) is 0.419. The SMILES string of the molecule is CSc1ccc(-c2noc(Cn3cnc4c(sc5ncccc54)c3=O)n2)cc1. The van der Waals surface area contributed by atoms with E-state index < -0.39 is 0 Å². The van der Waals surface area contributed by atoms with Crippen molar-refractivity contribution in [1.82, 2.24) is 24.7 Å². The number of aromatic nitrogens is 5. The molecule has 0 unspecified atom stereocenters. The highest BCUT2D eigenvalue weighted by molar-refractivity contribution is 7.98. The molecule has 4 heterocycles. The van der Waals surface area contributed by atoms with Crippen molar-refractivity contribution in [3.05, 3.63) is 65.2 Å². The van der Waals surface area contributed by atoms with Gasteiger partial charge in [-0.05, 0) is 42.7 Å². The van der Waals surface area contributed by atoms with Crippen molar-refractivity contribution in [3.8, 4) is 11.4 Å². The molecule has 7 nitrogen and oxygen atoms in total. The van der Waals surface area contributed by atoms with E-state index in [1.165, 1.54) is 22.2 Å². The third-order valence-corrected chi connectivity index (χ3v) is 6.18. The Morgan fingerprint density at radius 3 is 2.86 bits per heavy atom. The summed E-state index contributed by atoms with van der Waals surface area (Å²) in [6, 6.07) is 11.7. The largest absolute Gasteiger partial charge is 0.337 e. The molecule has 0 aliphatic carbocycles. The van der Waals surface area contributed by atoms with Gasteiger partial charge in [-0.1, -0.05) is 5.16 Å². The zero-order chi connectivity index (χ0) is 19.1. The summed E-state index contributed by atoms with van der Waals surface area (Å²) in [5, 5.41) is 4.92. The van der Waals surface area contributed by atoms with Crippen molar-refractivity contribution < 1.29 is 4.52 Å². The van der Waals surface area contributed by atoms with Gasteiger partial charge in [0.2, 0.25) is 11.7 Å². The molecule has 5 rings (SSSR count). The van der Waals surface area contributed by atoms with Gasteiger partial charge in [0.05, 0.1) is 11.8 Å². The highest BCUT2D eigenvalue weighted by Gasteiger charge is 2.14. The number of benzene rings is 1. The van der Waals surface area contributed by atoms with Crippen LogP contribution >= 0.6 is 23.1 Å². The molecule has 28 heavy (non-hydrogen) atoms. The van der Waals surface area contributed by atoms with Crippen LogP contribution in [0.2, 0.25) is 0 Å². The molecule has 0 radical (unpaired) electrons. The van der Waals surface area contributed by atoms with Gasteiger partial charge in [-0.15, -0.1) is 23.1 Å². The fraction of sp³-hybridized carbons (Fsp3) is 0.105. The molecular weight excluding hydrogens is 394 g/mol. The molecule has 0 N–H and O–H groups in total. The Kier molecular flexibility index (Phi) is 4.18. The van der Waals surface area contributed by atoms with Crippen LogP contribution in [0, 0.1) is 0 Å². The van der Waals surface area contributed by atoms with Crippen LogP contribution in [0.25, 0.3) is 31.8 Å². The average molecular weight is 407 g/mol. The Balaban J connectivity index is 1.48. The normalized spacial score (nSPS) is 11.5. The Morgan fingerprint density at radius 2 is 2.04 bits per heavy atom. The van der Waals surface area contributed by atoms with E-state index in [1.54, 1.807) is 18.0 Å². The molecule has 0 aliphatic heterocycles. The molecule has 4 aromatic heterocycles. The van der Waals surface area contributed by atoms with Crippen LogP contribution in [0.1, 0.15) is 5.89 Å². The summed E-state index contributed by atoms with van der Waals surface area (Å²) in [7, 11) is 0. The van der Waals surface area contributed by atoms with Gasteiger partial charge in [0.1, 0.15) is 16.1 Å². The van der Waals surface area contributed by atoms with Gasteiger partial charge in [0, 0.05) is 22.0 Å². The van der Waals surface area contributed by atoms with Gasteiger partial charge in [0.15, 0.2) is 0 Å². The van der Waals surface area contributed by atoms with Crippen molar-refractivity contribution in [3.63, 3.8) is 0 Å². The van der Waals surface area contributed by atoms with E-state index >= 15 is 0 Å². The van der Waals surface area contributed by atoms with Crippen molar-refractivity contribution in [2.45, 2.75) is 11.4 Å². The lowest BCUT2D eigenvalue weighted by Gasteiger charge is -2.00. The van der Waals surface area contributed by atoms with Gasteiger partial charge < -0.3 is 4.52 Å². The zero-order valence-corrected chi connectivity index (χ0v) is 16.3. The lowest BCUT2D eigenvalue weighted by atomic mass is 10.2. The number of rotatable bonds is 4. The molecule has 0 saturated carbocycles. The molecule has 1 aromatic carbocycles. The second-order valence-corrected chi connectivity index (χ2v) is 7.93. The van der Waals surface area contributed by atoms with Crippen LogP contribution in [0.5, 0.6) is 0 Å². The summed E-state index contributed by atoms with van der Waals surface area (Å²) in [6.45, 7) is 0.166. The maximum atomic E-state index is 12.9. The average Bonchev–Trinajstić information content (AvgIpc) is 3.35. The Labute approximate surface area is 167 Å². The standard InChI is InChI=1S/C19H13N5O2S2/c1-27-12-6-4-11(5-7-12)17-22-14(26-23-17)9-24-10-21-15-13-3-2-8-20-18(13)28-16(15)19(24)25/h2-8,10H,9H2,1H3. The van der Waals surface area contributed by atoms with Crippen molar-refractivity contribution in [2.24, 2.45) is 0 Å². The van der Waals surface area contributed by atoms with E-state index in [1.807, 2.05) is 42.7 Å². The molecule has 0 aliphatic rings. The number of nitrogens with zero attached hydrogens (tertiary/aromatic N) is 5. The molecule has 0 amide bonds. The van der Waals surface area contributed by atoms with Gasteiger partial charge in [-0.3, -0.25) is 9.36 Å². The maximum absolute atomic E-state index is 12.9. The molecule has 138 valence electrons. The van der Waals surface area contributed by atoms with Gasteiger partial charge >= 0.3 is 0 Å². The van der Waals surface area contributed by atoms with Crippen molar-refractivity contribution in [1.29, 1.82) is 0 Å². The minimum absolute atomic E-state index is 0.142. The molecule has 0 saturated heterocycles. The van der Waals surface area contributed by atoms with Crippen LogP contribution in [-0.4, -0.2) is 30.9 Å². The number of pyridine rings is 1. The van der Waals surface area contributed by atoms with E-state index in [4.69, 9.17) is 4.52 Å². The predicted octanol–water partition coefficient (Wildman–Crippen LogP) is 3.83. The second kappa shape index (κ2) is 6.84. The van der Waals surface area contributed by atoms with Crippen LogP contribution in [0.4, 0.5) is 0 Å². The lowest BCUT2D eigenvalue weighted by Crippen LogP contribution is -2.20. The van der Waals surface area contributed by atoms with Crippen LogP contribution < -0.4 is 5.56 Å². The first-order chi connectivity index (χ1) is 13.7. The summed E-state index contributed by atoms with van der Waals surface area (Å²) >= 11 is 3.01. The summed E-state index contributed by atoms with van der Waals surface area (Å²) in [6.07, 6.45) is 5.25. The van der Waals surface area contributed by atoms with Crippen LogP contribution in [0.15, 0.2) is 63.1 Å². The van der Waals surface area contributed by atoms with Gasteiger partial charge in [-0.2, -0.15) is 4.98 Å². The van der Waals surface area contributed by atoms with Gasteiger partial charge in [0.25, 0.3) is 5.56 Å². The number of hydrogen-bond acceptors (Lipinski definition) is 8. The molecule has 0 spiro atoms. The molecule has 5 aromatic rings. The lowest BCUT2D eigenvalue weighted by molar-refractivity contribution is 0.370. The summed E-state index contributed by atoms with van der Waals surface area (Å²) in [4.78, 5) is 28.0. The van der Waals surface area contributed by atoms with Crippen LogP contribution in [-0.2, 0) is 6.54 Å². The first kappa shape index (κ1) is 17.1. The number of thiophene rings is 1. The van der Waals surface area contributed by atoms with E-state index in [2.05, 4.69) is 20.1 Å². The fourth-order valence-corrected chi connectivity index (χ4v) is 4.39. The molecule has 0 bridgehead atoms. The fourth-order valence-electron chi connectivity index (χ4n) is 2.94. The molecule has 9 heteroatoms. The van der Waals surface area contributed by atoms with E-state index in [0.717, 1.165) is 20.7 Å². The third-order valence-electron chi connectivity index (χ3n) is 4.34. The highest BCUT2D eigenvalue weighted by atomic mass is 32.2. The monoisotopic (exact) mass is 407 g/mol. The minimum atomic E-state index is -0.142. The first-order valence-electron chi connectivity index (χ1n) is 8.42. The number of fused-ring (bicyclic) bond motifs is 3. The minimum Gasteiger partial charge on any atom is -0.337 e. The smallest absolute Gasteiger partial charge is 0.271 e. The van der Waals surface area contributed by atoms with Gasteiger partial charge in [-0.25, -0.2) is 9.97 Å². The number of hydrogen-bond donors (Lipinski definition) is 0. The highest BCUT2D eigenvalue weighted by Crippen LogP contribution is 2.28. The topological polar surface area (TPSA) is 86.7 Å². The van der Waals surface area contributed by atoms with Crippen molar-refractivity contribution in [2.75, 3.05) is 6.26 Å².